The standard InChI is InChI=1S/C11H12Br2F2O/c1-11(14,15)7-16-10(6-12)8-3-2-4-9(13)5-8/h2-5,10H,6-7H2,1H3. The maximum Gasteiger partial charge on any atom is 0.268 e. The Morgan fingerprint density at radius 3 is 2.62 bits per heavy atom. The molecule has 0 heterocycles. The summed E-state index contributed by atoms with van der Waals surface area (Å²) < 4.78 is 31.4. The molecule has 0 saturated carbocycles. The van der Waals surface area contributed by atoms with Crippen molar-refractivity contribution in [3.05, 3.63) is 34.3 Å². The van der Waals surface area contributed by atoms with Gasteiger partial charge >= 0.3 is 0 Å². The Morgan fingerprint density at radius 1 is 1.44 bits per heavy atom. The Hall–Kier alpha value is -0.000000000000000111. The van der Waals surface area contributed by atoms with Gasteiger partial charge in [0.15, 0.2) is 0 Å². The summed E-state index contributed by atoms with van der Waals surface area (Å²) in [6.45, 7) is 0.273. The Morgan fingerprint density at radius 2 is 2.12 bits per heavy atom. The normalized spacial score (nSPS) is 13.8. The van der Waals surface area contributed by atoms with Gasteiger partial charge in [0.2, 0.25) is 0 Å². The average molecular weight is 358 g/mol. The summed E-state index contributed by atoms with van der Waals surface area (Å²) in [6, 6.07) is 7.44. The minimum atomic E-state index is -2.80. The molecule has 1 rings (SSSR count). The zero-order valence-corrected chi connectivity index (χ0v) is 11.9. The maximum atomic E-state index is 12.7. The monoisotopic (exact) mass is 356 g/mol. The van der Waals surface area contributed by atoms with Crippen molar-refractivity contribution < 1.29 is 13.5 Å². The van der Waals surface area contributed by atoms with Crippen molar-refractivity contribution in [3.63, 3.8) is 0 Å². The van der Waals surface area contributed by atoms with E-state index < -0.39 is 12.5 Å². The third kappa shape index (κ3) is 4.89. The quantitative estimate of drug-likeness (QED) is 0.702. The first-order valence-electron chi connectivity index (χ1n) is 4.73. The lowest BCUT2D eigenvalue weighted by Crippen LogP contribution is -2.21. The smallest absolute Gasteiger partial charge is 0.268 e. The summed E-state index contributed by atoms with van der Waals surface area (Å²) in [5.74, 6) is -2.80. The van der Waals surface area contributed by atoms with Crippen molar-refractivity contribution in [1.29, 1.82) is 0 Å². The van der Waals surface area contributed by atoms with Crippen LogP contribution in [0.3, 0.4) is 0 Å². The molecule has 16 heavy (non-hydrogen) atoms. The SMILES string of the molecule is CC(F)(F)COC(CBr)c1cccc(Br)c1. The fourth-order valence-electron chi connectivity index (χ4n) is 1.18. The van der Waals surface area contributed by atoms with Crippen molar-refractivity contribution in [1.82, 2.24) is 0 Å². The Balaban J connectivity index is 2.68. The second kappa shape index (κ2) is 6.07. The average Bonchev–Trinajstić information content (AvgIpc) is 2.17. The highest BCUT2D eigenvalue weighted by Gasteiger charge is 2.24. The molecule has 1 atom stereocenters. The van der Waals surface area contributed by atoms with Crippen LogP contribution in [-0.2, 0) is 4.74 Å². The van der Waals surface area contributed by atoms with E-state index in [4.69, 9.17) is 4.74 Å². The van der Waals surface area contributed by atoms with Crippen molar-refractivity contribution in [2.75, 3.05) is 11.9 Å². The molecule has 0 aliphatic carbocycles. The molecule has 0 aliphatic heterocycles. The van der Waals surface area contributed by atoms with E-state index in [0.29, 0.717) is 5.33 Å². The topological polar surface area (TPSA) is 9.23 Å². The van der Waals surface area contributed by atoms with E-state index in [1.165, 1.54) is 0 Å². The van der Waals surface area contributed by atoms with Crippen LogP contribution in [0, 0.1) is 0 Å². The first-order valence-corrected chi connectivity index (χ1v) is 6.64. The predicted octanol–water partition coefficient (Wildman–Crippen LogP) is 4.56. The lowest BCUT2D eigenvalue weighted by molar-refractivity contribution is -0.0828. The van der Waals surface area contributed by atoms with Gasteiger partial charge in [0, 0.05) is 16.7 Å². The number of hydrogen-bond donors (Lipinski definition) is 0. The van der Waals surface area contributed by atoms with Crippen molar-refractivity contribution in [2.24, 2.45) is 0 Å². The molecule has 1 aromatic carbocycles. The molecule has 90 valence electrons. The molecule has 5 heteroatoms. The summed E-state index contributed by atoms with van der Waals surface area (Å²) in [5.41, 5.74) is 0.871. The van der Waals surface area contributed by atoms with Gasteiger partial charge < -0.3 is 4.74 Å². The zero-order valence-electron chi connectivity index (χ0n) is 8.72. The van der Waals surface area contributed by atoms with Crippen LogP contribution in [0.4, 0.5) is 8.78 Å². The molecule has 0 amide bonds. The van der Waals surface area contributed by atoms with E-state index in [2.05, 4.69) is 31.9 Å². The molecule has 0 aliphatic rings. The molecular weight excluding hydrogens is 346 g/mol. The van der Waals surface area contributed by atoms with Crippen LogP contribution in [-0.4, -0.2) is 17.9 Å². The molecule has 0 spiro atoms. The summed E-state index contributed by atoms with van der Waals surface area (Å²) in [4.78, 5) is 0. The largest absolute Gasteiger partial charge is 0.366 e. The summed E-state index contributed by atoms with van der Waals surface area (Å²) in [7, 11) is 0. The summed E-state index contributed by atoms with van der Waals surface area (Å²) in [5, 5.41) is 0.486. The van der Waals surface area contributed by atoms with Gasteiger partial charge in [-0.25, -0.2) is 8.78 Å². The molecule has 1 nitrogen and oxygen atoms in total. The molecule has 0 N–H and O–H groups in total. The van der Waals surface area contributed by atoms with E-state index in [0.717, 1.165) is 17.0 Å². The maximum absolute atomic E-state index is 12.7. The predicted molar refractivity (Wildman–Crippen MR) is 67.3 cm³/mol. The highest BCUT2D eigenvalue weighted by Crippen LogP contribution is 2.25. The first-order chi connectivity index (χ1) is 7.42. The van der Waals surface area contributed by atoms with E-state index in [1.807, 2.05) is 24.3 Å². The van der Waals surface area contributed by atoms with Crippen LogP contribution in [0.2, 0.25) is 0 Å². The first kappa shape index (κ1) is 14.1. The molecule has 1 unspecified atom stereocenters. The number of alkyl halides is 3. The van der Waals surface area contributed by atoms with Crippen LogP contribution in [0.5, 0.6) is 0 Å². The minimum absolute atomic E-state index is 0.358. The third-order valence-corrected chi connectivity index (χ3v) is 2.98. The van der Waals surface area contributed by atoms with E-state index in [1.54, 1.807) is 0 Å². The Labute approximate surface area is 110 Å². The fraction of sp³-hybridized carbons (Fsp3) is 0.455. The summed E-state index contributed by atoms with van der Waals surface area (Å²) in [6.07, 6.45) is -0.358. The number of rotatable bonds is 5. The minimum Gasteiger partial charge on any atom is -0.366 e. The molecule has 0 saturated heterocycles. The van der Waals surface area contributed by atoms with Crippen molar-refractivity contribution in [3.8, 4) is 0 Å². The van der Waals surface area contributed by atoms with Gasteiger partial charge in [-0.05, 0) is 17.7 Å². The molecule has 0 aromatic heterocycles. The van der Waals surface area contributed by atoms with E-state index in [-0.39, 0.29) is 6.10 Å². The molecule has 1 aromatic rings. The van der Waals surface area contributed by atoms with Crippen molar-refractivity contribution in [2.45, 2.75) is 19.0 Å². The second-order valence-electron chi connectivity index (χ2n) is 3.58. The van der Waals surface area contributed by atoms with Gasteiger partial charge in [-0.15, -0.1) is 0 Å². The van der Waals surface area contributed by atoms with Crippen LogP contribution in [0.1, 0.15) is 18.6 Å². The second-order valence-corrected chi connectivity index (χ2v) is 5.14. The van der Waals surface area contributed by atoms with Crippen molar-refractivity contribution >= 4 is 31.9 Å². The van der Waals surface area contributed by atoms with Gasteiger partial charge in [0.05, 0.1) is 6.10 Å². The van der Waals surface area contributed by atoms with Crippen LogP contribution >= 0.6 is 31.9 Å². The number of hydrogen-bond acceptors (Lipinski definition) is 1. The third-order valence-electron chi connectivity index (χ3n) is 1.90. The van der Waals surface area contributed by atoms with E-state index in [9.17, 15) is 8.78 Å². The lowest BCUT2D eigenvalue weighted by Gasteiger charge is -2.18. The van der Waals surface area contributed by atoms with Crippen LogP contribution in [0.25, 0.3) is 0 Å². The molecular formula is C11H12Br2F2O. The van der Waals surface area contributed by atoms with Gasteiger partial charge in [-0.3, -0.25) is 0 Å². The number of ether oxygens (including phenoxy) is 1. The number of benzene rings is 1. The fourth-order valence-corrected chi connectivity index (χ4v) is 2.16. The molecule has 0 radical (unpaired) electrons. The van der Waals surface area contributed by atoms with Gasteiger partial charge in [-0.2, -0.15) is 0 Å². The molecule has 0 bridgehead atoms. The van der Waals surface area contributed by atoms with E-state index >= 15 is 0 Å². The van der Waals surface area contributed by atoms with Gasteiger partial charge in [0.1, 0.15) is 6.61 Å². The van der Waals surface area contributed by atoms with Gasteiger partial charge in [0.25, 0.3) is 5.92 Å². The summed E-state index contributed by atoms with van der Waals surface area (Å²) >= 11 is 6.59. The van der Waals surface area contributed by atoms with Crippen LogP contribution in [0.15, 0.2) is 28.7 Å². The Bertz CT molecular complexity index is 339. The van der Waals surface area contributed by atoms with Crippen LogP contribution < -0.4 is 0 Å². The highest BCUT2D eigenvalue weighted by molar-refractivity contribution is 9.10. The Kier molecular flexibility index (Phi) is 5.34. The number of halogens is 4. The lowest BCUT2D eigenvalue weighted by atomic mass is 10.1. The molecule has 0 fully saturated rings. The highest BCUT2D eigenvalue weighted by atomic mass is 79.9. The van der Waals surface area contributed by atoms with Gasteiger partial charge in [-0.1, -0.05) is 44.0 Å². The zero-order chi connectivity index (χ0) is 12.2.